The van der Waals surface area contributed by atoms with Crippen molar-refractivity contribution >= 4 is 103 Å². The lowest BCUT2D eigenvalue weighted by atomic mass is 9.75. The topological polar surface area (TPSA) is 277 Å². The number of hydrogen-bond donors (Lipinski definition) is 5. The average Bonchev–Trinajstić information content (AvgIpc) is 0.962. The number of aliphatic hydroxyl groups is 1. The summed E-state index contributed by atoms with van der Waals surface area (Å²) in [5, 5.41) is 43.4. The standard InChI is InChI=1S/C31H39FN8O3.C18H23ClFN5O2S.C8H9BN2O2.C6H13NO/c1-18-9-10-23-21(15-34-37-23)24(18)27-25(32)26-22(14-33-27)28(36-29(35-26)42-17-20-8-7-11-38(20)6)40-13-12-39(16-19(40)2)30(41)43-31(3,4)5;1-10-9-24(17(26)27-18(2,3)4)6-7-25(10)15-11-8-21-14(19)12(20)13(11)22-16(23-15)28-5;1-5-2-3-7-6(4-10-11-7)8(5)9(12)13;1-7-4-2-3-6(7)5-8/h9-10,14-15,19-20H,7-8,11-13,16-17H2,1-6H3,(H,34,37);8,10H,6-7,9H2,1-5H3;2-4,12-13H,1H3,(H,10,11);6,8H,2-5H2,1H3/t19-,20-;10-;;6-/m00.0/s1. The quantitative estimate of drug-likeness (QED) is 0.0392. The SMILES string of the molecule is CN1CCC[C@H]1CO.CSc1nc(N2CCN(C(=O)OC(C)(C)C)C[C@@H]2C)c2cnc(Cl)c(F)c2n1.Cc1ccc2[nH]ncc2c1-c1ncc2c(N3CCN(C(=O)OC(C)(C)C)C[C@@H]3C)nc(OC[C@@H]3CCCN3C)nc2c1F.Cc1ccc2[nH]ncc2c1B(O)O. The molecule has 4 aliphatic rings. The Hall–Kier alpha value is -7.34. The number of H-pyrrole nitrogens is 2. The molecule has 0 saturated carbocycles. The van der Waals surface area contributed by atoms with E-state index in [0.29, 0.717) is 97.1 Å². The molecule has 494 valence electrons. The van der Waals surface area contributed by atoms with Gasteiger partial charge >= 0.3 is 25.3 Å². The van der Waals surface area contributed by atoms with Crippen LogP contribution in [0.5, 0.6) is 6.01 Å². The smallest absolute Gasteiger partial charge is 0.462 e. The Balaban J connectivity index is 0.000000172. The summed E-state index contributed by atoms with van der Waals surface area (Å²) in [4.78, 5) is 63.9. The van der Waals surface area contributed by atoms with E-state index in [2.05, 4.69) is 74.1 Å². The van der Waals surface area contributed by atoms with Gasteiger partial charge in [-0.25, -0.2) is 33.3 Å². The second-order valence-corrected chi connectivity index (χ2v) is 26.9. The number of pyridine rings is 2. The molecule has 0 aliphatic carbocycles. The van der Waals surface area contributed by atoms with Gasteiger partial charge in [0, 0.05) is 92.2 Å². The van der Waals surface area contributed by atoms with Gasteiger partial charge in [-0.3, -0.25) is 15.2 Å². The Morgan fingerprint density at radius 1 is 0.685 bits per heavy atom. The van der Waals surface area contributed by atoms with Gasteiger partial charge in [-0.2, -0.15) is 20.2 Å². The average molecular weight is 1310 g/mol. The van der Waals surface area contributed by atoms with Gasteiger partial charge in [0.2, 0.25) is 0 Å². The highest BCUT2D eigenvalue weighted by atomic mass is 35.5. The number of carbonyl (C=O) groups excluding carboxylic acids is 2. The highest BCUT2D eigenvalue weighted by molar-refractivity contribution is 7.98. The number of ether oxygens (including phenoxy) is 3. The van der Waals surface area contributed by atoms with Gasteiger partial charge in [0.1, 0.15) is 46.2 Å². The van der Waals surface area contributed by atoms with Crippen LogP contribution < -0.4 is 20.0 Å². The third-order valence-corrected chi connectivity index (χ3v) is 17.5. The number of halogens is 3. The van der Waals surface area contributed by atoms with E-state index in [4.69, 9.17) is 46.0 Å². The van der Waals surface area contributed by atoms with Crippen molar-refractivity contribution in [3.8, 4) is 17.3 Å². The molecular weight excluding hydrogens is 1230 g/mol. The molecule has 0 radical (unpaired) electrons. The molecule has 2 aromatic carbocycles. The fraction of sp³-hybridized carbons (Fsp3) is 0.524. The molecular formula is C63H84BClF2N16O8S. The number of aromatic amines is 2. The number of aryl methyl sites for hydroxylation is 2. The number of amides is 2. The minimum atomic E-state index is -1.44. The van der Waals surface area contributed by atoms with Crippen molar-refractivity contribution in [3.05, 3.63) is 77.0 Å². The maximum absolute atomic E-state index is 16.6. The highest BCUT2D eigenvalue weighted by Crippen LogP contribution is 2.38. The van der Waals surface area contributed by atoms with Crippen LogP contribution in [0.4, 0.5) is 30.0 Å². The first-order valence-electron chi connectivity index (χ1n) is 30.9. The van der Waals surface area contributed by atoms with Gasteiger partial charge < -0.3 is 58.8 Å². The summed E-state index contributed by atoms with van der Waals surface area (Å²) in [7, 11) is 2.70. The zero-order chi connectivity index (χ0) is 66.5. The Kier molecular flexibility index (Phi) is 22.0. The molecule has 6 aromatic heterocycles. The predicted molar refractivity (Wildman–Crippen MR) is 355 cm³/mol. The lowest BCUT2D eigenvalue weighted by molar-refractivity contribution is 0.0208. The lowest BCUT2D eigenvalue weighted by Gasteiger charge is -2.41. The molecule has 29 heteroatoms. The van der Waals surface area contributed by atoms with Gasteiger partial charge in [-0.15, -0.1) is 0 Å². The number of fused-ring (bicyclic) bond motifs is 4. The Bertz CT molecular complexity index is 3910. The van der Waals surface area contributed by atoms with Crippen molar-refractivity contribution < 1.29 is 47.7 Å². The number of likely N-dealkylation sites (tertiary alicyclic amines) is 2. The van der Waals surface area contributed by atoms with Crippen molar-refractivity contribution in [1.82, 2.24) is 69.9 Å². The second-order valence-electron chi connectivity index (χ2n) is 25.7. The minimum absolute atomic E-state index is 0.0483. The normalized spacial score (nSPS) is 19.0. The largest absolute Gasteiger partial charge is 0.489 e. The molecule has 0 bridgehead atoms. The maximum Gasteiger partial charge on any atom is 0.489 e. The Labute approximate surface area is 543 Å². The van der Waals surface area contributed by atoms with Crippen LogP contribution in [0, 0.1) is 25.5 Å². The first kappa shape index (κ1) is 69.0. The van der Waals surface area contributed by atoms with E-state index in [-0.39, 0.29) is 58.2 Å². The van der Waals surface area contributed by atoms with Gasteiger partial charge in [0.25, 0.3) is 0 Å². The number of nitrogens with one attached hydrogen (secondary N) is 2. The monoisotopic (exact) mass is 1310 g/mol. The van der Waals surface area contributed by atoms with Crippen molar-refractivity contribution in [2.24, 2.45) is 0 Å². The summed E-state index contributed by atoms with van der Waals surface area (Å²) in [6.45, 7) is 24.6. The molecule has 92 heavy (non-hydrogen) atoms. The van der Waals surface area contributed by atoms with Crippen molar-refractivity contribution in [2.75, 3.05) is 95.7 Å². The fourth-order valence-electron chi connectivity index (χ4n) is 11.8. The van der Waals surface area contributed by atoms with Gasteiger partial charge in [-0.1, -0.05) is 41.1 Å². The Morgan fingerprint density at radius 3 is 1.72 bits per heavy atom. The van der Waals surface area contributed by atoms with Crippen LogP contribution in [0.3, 0.4) is 0 Å². The van der Waals surface area contributed by atoms with E-state index < -0.39 is 30.0 Å². The second kappa shape index (κ2) is 29.3. The van der Waals surface area contributed by atoms with E-state index in [9.17, 15) is 14.0 Å². The Morgan fingerprint density at radius 2 is 1.21 bits per heavy atom. The number of thioether (sulfide) groups is 1. The van der Waals surface area contributed by atoms with E-state index in [1.165, 1.54) is 30.8 Å². The molecule has 4 saturated heterocycles. The van der Waals surface area contributed by atoms with Crippen LogP contribution in [0.15, 0.2) is 54.2 Å². The minimum Gasteiger partial charge on any atom is -0.462 e. The molecule has 4 aliphatic heterocycles. The number of rotatable bonds is 9. The number of hydrogen-bond acceptors (Lipinski definition) is 21. The number of likely N-dealkylation sites (N-methyl/N-ethyl adjacent to an activating group) is 2. The number of piperazine rings is 2. The van der Waals surface area contributed by atoms with E-state index in [0.717, 1.165) is 58.9 Å². The van der Waals surface area contributed by atoms with Gasteiger partial charge in [0.15, 0.2) is 21.9 Å². The summed E-state index contributed by atoms with van der Waals surface area (Å²) in [6.07, 6.45) is 12.1. The van der Waals surface area contributed by atoms with Crippen molar-refractivity contribution in [1.29, 1.82) is 0 Å². The number of anilines is 2. The summed E-state index contributed by atoms with van der Waals surface area (Å²) >= 11 is 7.16. The maximum atomic E-state index is 16.6. The molecule has 8 aromatic rings. The van der Waals surface area contributed by atoms with Crippen LogP contribution in [-0.2, 0) is 9.47 Å². The third-order valence-electron chi connectivity index (χ3n) is 16.7. The zero-order valence-electron chi connectivity index (χ0n) is 54.6. The van der Waals surface area contributed by atoms with Crippen molar-refractivity contribution in [3.63, 3.8) is 0 Å². The fourth-order valence-corrected chi connectivity index (χ4v) is 12.3. The number of aliphatic hydroxyl groups excluding tert-OH is 1. The van der Waals surface area contributed by atoms with E-state index in [1.54, 1.807) is 28.4 Å². The van der Waals surface area contributed by atoms with Crippen LogP contribution >= 0.6 is 23.4 Å². The summed E-state index contributed by atoms with van der Waals surface area (Å²) in [5.74, 6) is -0.0694. The molecule has 24 nitrogen and oxygen atoms in total. The van der Waals surface area contributed by atoms with E-state index in [1.807, 2.05) is 105 Å². The summed E-state index contributed by atoms with van der Waals surface area (Å²) in [6, 6.07) is 8.19. The molecule has 12 rings (SSSR count). The molecule has 4 atom stereocenters. The molecule has 0 unspecified atom stereocenters. The van der Waals surface area contributed by atoms with Gasteiger partial charge in [-0.05, 0) is 152 Å². The number of carbonyl (C=O) groups is 2. The number of benzene rings is 2. The van der Waals surface area contributed by atoms with Crippen LogP contribution in [0.25, 0.3) is 54.9 Å². The summed E-state index contributed by atoms with van der Waals surface area (Å²) < 4.78 is 48.3. The van der Waals surface area contributed by atoms with Crippen molar-refractivity contribution in [2.45, 2.75) is 135 Å². The molecule has 10 heterocycles. The molecule has 2 amide bonds. The summed E-state index contributed by atoms with van der Waals surface area (Å²) in [5.41, 5.74) is 3.89. The predicted octanol–water partition coefficient (Wildman–Crippen LogP) is 8.54. The lowest BCUT2D eigenvalue weighted by Crippen LogP contribution is -2.55. The third kappa shape index (κ3) is 16.0. The van der Waals surface area contributed by atoms with Crippen LogP contribution in [0.2, 0.25) is 5.15 Å². The molecule has 0 spiro atoms. The van der Waals surface area contributed by atoms with Gasteiger partial charge in [0.05, 0.1) is 40.8 Å². The zero-order valence-corrected chi connectivity index (χ0v) is 56.2. The molecule has 4 fully saturated rings. The van der Waals surface area contributed by atoms with Crippen LogP contribution in [0.1, 0.15) is 92.2 Å². The molecule has 5 N–H and O–H groups in total. The van der Waals surface area contributed by atoms with E-state index >= 15 is 4.39 Å². The first-order chi connectivity index (χ1) is 43.6. The van der Waals surface area contributed by atoms with Crippen LogP contribution in [-0.4, -0.2) is 226 Å². The highest BCUT2D eigenvalue weighted by Gasteiger charge is 2.35. The first-order valence-corrected chi connectivity index (χ1v) is 32.5. The number of aromatic nitrogens is 10. The number of nitrogens with zero attached hydrogens (tertiary/aromatic N) is 14.